The molecule has 0 bridgehead atoms. The van der Waals surface area contributed by atoms with Gasteiger partial charge in [-0.2, -0.15) is 0 Å². The highest BCUT2D eigenvalue weighted by Crippen LogP contribution is 2.48. The van der Waals surface area contributed by atoms with Gasteiger partial charge in [0, 0.05) is 0 Å². The summed E-state index contributed by atoms with van der Waals surface area (Å²) in [5.74, 6) is -0.488. The van der Waals surface area contributed by atoms with E-state index in [2.05, 4.69) is 15.0 Å². The summed E-state index contributed by atoms with van der Waals surface area (Å²) in [6, 6.07) is 0. The van der Waals surface area contributed by atoms with Crippen molar-refractivity contribution in [1.82, 2.24) is 19.5 Å². The first-order valence-electron chi connectivity index (χ1n) is 11.0. The van der Waals surface area contributed by atoms with E-state index in [9.17, 15) is 14.2 Å². The lowest BCUT2D eigenvalue weighted by Crippen LogP contribution is -2.20. The molecule has 2 aromatic heterocycles. The number of ether oxygens (including phenoxy) is 5. The third-order valence-corrected chi connectivity index (χ3v) is 5.63. The number of nitrogen functional groups attached to an aromatic ring is 1. The zero-order valence-corrected chi connectivity index (χ0v) is 21.7. The van der Waals surface area contributed by atoms with E-state index in [1.54, 1.807) is 39.2 Å². The summed E-state index contributed by atoms with van der Waals surface area (Å²) < 4.78 is 50.3. The van der Waals surface area contributed by atoms with Crippen LogP contribution in [0.15, 0.2) is 12.7 Å². The van der Waals surface area contributed by atoms with Gasteiger partial charge >= 0.3 is 19.7 Å². The molecule has 0 aliphatic carbocycles. The number of rotatable bonds is 15. The van der Waals surface area contributed by atoms with Crippen LogP contribution in [-0.4, -0.2) is 76.5 Å². The lowest BCUT2D eigenvalue weighted by molar-refractivity contribution is -0.157. The van der Waals surface area contributed by atoms with Gasteiger partial charge in [0.25, 0.3) is 0 Å². The quantitative estimate of drug-likeness (QED) is 0.200. The average molecular weight is 533 g/mol. The minimum absolute atomic E-state index is 0.180. The van der Waals surface area contributed by atoms with Crippen molar-refractivity contribution in [2.45, 2.75) is 59.5 Å². The number of nitrogens with zero attached hydrogens (tertiary/aromatic N) is 4. The van der Waals surface area contributed by atoms with Crippen LogP contribution in [0.25, 0.3) is 11.2 Å². The van der Waals surface area contributed by atoms with E-state index in [-0.39, 0.29) is 25.1 Å². The van der Waals surface area contributed by atoms with Gasteiger partial charge in [-0.05, 0) is 34.6 Å². The number of imidazole rings is 1. The molecule has 16 heteroatoms. The fourth-order valence-corrected chi connectivity index (χ4v) is 3.61. The highest BCUT2D eigenvalue weighted by atomic mass is 31.2. The minimum atomic E-state index is -4.05. The maximum atomic E-state index is 13.1. The van der Waals surface area contributed by atoms with Crippen LogP contribution >= 0.6 is 7.60 Å². The Labute approximate surface area is 208 Å². The normalized spacial score (nSPS) is 14.1. The van der Waals surface area contributed by atoms with Crippen LogP contribution in [-0.2, 0) is 48.6 Å². The SMILES string of the molecule is CC(C)OCC(=O)OCOP(=O)(CO[C@H](C)Cn1cnc2c(N)ncnc21)OCOC(=O)OC(C)C. The average Bonchev–Trinajstić information content (AvgIpc) is 3.20. The van der Waals surface area contributed by atoms with Crippen molar-refractivity contribution in [1.29, 1.82) is 0 Å². The number of carbonyl (C=O) groups is 2. The zero-order chi connectivity index (χ0) is 26.7. The van der Waals surface area contributed by atoms with Crippen LogP contribution in [0.2, 0.25) is 0 Å². The van der Waals surface area contributed by atoms with Crippen LogP contribution < -0.4 is 5.73 Å². The summed E-state index contributed by atoms with van der Waals surface area (Å²) in [7, 11) is -4.05. The Bertz CT molecular complexity index is 1050. The lowest BCUT2D eigenvalue weighted by atomic mass is 10.4. The number of aromatic nitrogens is 4. The molecule has 0 radical (unpaired) electrons. The Balaban J connectivity index is 1.94. The first kappa shape index (κ1) is 29.4. The predicted octanol–water partition coefficient (Wildman–Crippen LogP) is 2.44. The predicted molar refractivity (Wildman–Crippen MR) is 125 cm³/mol. The molecule has 2 aromatic rings. The Morgan fingerprint density at radius 1 is 1.00 bits per heavy atom. The van der Waals surface area contributed by atoms with Crippen molar-refractivity contribution >= 4 is 36.7 Å². The second-order valence-corrected chi connectivity index (χ2v) is 9.97. The van der Waals surface area contributed by atoms with Crippen molar-refractivity contribution in [2.24, 2.45) is 0 Å². The molecule has 0 amide bonds. The van der Waals surface area contributed by atoms with Crippen molar-refractivity contribution in [3.05, 3.63) is 12.7 Å². The van der Waals surface area contributed by atoms with E-state index >= 15 is 0 Å². The van der Waals surface area contributed by atoms with E-state index < -0.39 is 51.9 Å². The van der Waals surface area contributed by atoms with Gasteiger partial charge in [-0.3, -0.25) is 13.6 Å². The molecule has 0 saturated carbocycles. The molecule has 2 heterocycles. The maximum absolute atomic E-state index is 13.1. The molecular formula is C20H32N5O10P. The fraction of sp³-hybridized carbons (Fsp3) is 0.650. The number of anilines is 1. The molecule has 0 fully saturated rings. The van der Waals surface area contributed by atoms with Gasteiger partial charge in [0.2, 0.25) is 13.6 Å². The monoisotopic (exact) mass is 533 g/mol. The smallest absolute Gasteiger partial charge is 0.436 e. The van der Waals surface area contributed by atoms with E-state index in [4.69, 9.17) is 38.5 Å². The number of hydrogen-bond donors (Lipinski definition) is 1. The third-order valence-electron chi connectivity index (χ3n) is 4.16. The Morgan fingerprint density at radius 3 is 2.36 bits per heavy atom. The highest BCUT2D eigenvalue weighted by Gasteiger charge is 2.28. The molecule has 0 aromatic carbocycles. The number of hydrogen-bond acceptors (Lipinski definition) is 14. The van der Waals surface area contributed by atoms with Gasteiger partial charge in [-0.15, -0.1) is 0 Å². The molecule has 0 saturated heterocycles. The minimum Gasteiger partial charge on any atom is -0.436 e. The van der Waals surface area contributed by atoms with Gasteiger partial charge in [0.05, 0.1) is 31.2 Å². The van der Waals surface area contributed by atoms with Gasteiger partial charge in [-0.1, -0.05) is 0 Å². The van der Waals surface area contributed by atoms with Gasteiger partial charge in [0.1, 0.15) is 24.8 Å². The van der Waals surface area contributed by atoms with E-state index in [1.807, 2.05) is 0 Å². The number of carbonyl (C=O) groups excluding carboxylic acids is 2. The summed E-state index contributed by atoms with van der Waals surface area (Å²) in [6.07, 6.45) is 0.160. The van der Waals surface area contributed by atoms with Gasteiger partial charge in [-0.25, -0.2) is 24.5 Å². The lowest BCUT2D eigenvalue weighted by Gasteiger charge is -2.21. The Hall–Kier alpha value is -2.84. The van der Waals surface area contributed by atoms with E-state index in [1.165, 1.54) is 12.7 Å². The number of esters is 1. The molecule has 15 nitrogen and oxygen atoms in total. The number of fused-ring (bicyclic) bond motifs is 1. The second kappa shape index (κ2) is 14.0. The van der Waals surface area contributed by atoms with E-state index in [0.717, 1.165) is 0 Å². The molecule has 0 spiro atoms. The maximum Gasteiger partial charge on any atom is 0.510 e. The highest BCUT2D eigenvalue weighted by molar-refractivity contribution is 7.53. The Kier molecular flexibility index (Phi) is 11.5. The zero-order valence-electron chi connectivity index (χ0n) is 20.8. The van der Waals surface area contributed by atoms with E-state index in [0.29, 0.717) is 11.2 Å². The molecule has 1 unspecified atom stereocenters. The van der Waals surface area contributed by atoms with Gasteiger partial charge < -0.3 is 34.0 Å². The summed E-state index contributed by atoms with van der Waals surface area (Å²) in [4.78, 5) is 35.5. The molecule has 0 aliphatic rings. The van der Waals surface area contributed by atoms with Crippen LogP contribution in [0.5, 0.6) is 0 Å². The van der Waals surface area contributed by atoms with Crippen LogP contribution in [0.1, 0.15) is 34.6 Å². The summed E-state index contributed by atoms with van der Waals surface area (Å²) in [5.41, 5.74) is 6.74. The molecular weight excluding hydrogens is 501 g/mol. The van der Waals surface area contributed by atoms with Gasteiger partial charge in [0.15, 0.2) is 11.5 Å². The number of nitrogens with two attached hydrogens (primary N) is 1. The largest absolute Gasteiger partial charge is 0.510 e. The second-order valence-electron chi connectivity index (χ2n) is 7.98. The molecule has 2 rings (SSSR count). The summed E-state index contributed by atoms with van der Waals surface area (Å²) in [5, 5.41) is 0. The van der Waals surface area contributed by atoms with Crippen LogP contribution in [0.4, 0.5) is 10.6 Å². The van der Waals surface area contributed by atoms with Crippen LogP contribution in [0.3, 0.4) is 0 Å². The third kappa shape index (κ3) is 10.0. The molecule has 0 aliphatic heterocycles. The first-order valence-corrected chi connectivity index (χ1v) is 12.7. The molecule has 36 heavy (non-hydrogen) atoms. The van der Waals surface area contributed by atoms with Crippen molar-refractivity contribution in [3.63, 3.8) is 0 Å². The Morgan fingerprint density at radius 2 is 1.69 bits per heavy atom. The standard InChI is InChI=1S/C20H32N5O10P/c1-13(2)29-7-16(26)30-10-33-36(28,34-11-31-20(27)35-14(3)4)12-32-15(5)6-25-9-24-17-18(21)22-8-23-19(17)25/h8-9,13-15H,6-7,10-12H2,1-5H3,(H2,21,22,23)/t15-,36?/m1/s1. The van der Waals surface area contributed by atoms with Crippen LogP contribution in [0, 0.1) is 0 Å². The van der Waals surface area contributed by atoms with Crippen molar-refractivity contribution < 1.29 is 46.9 Å². The summed E-state index contributed by atoms with van der Waals surface area (Å²) in [6.45, 7) is 7.00. The topological polar surface area (TPSA) is 185 Å². The molecule has 2 N–H and O–H groups in total. The molecule has 2 atom stereocenters. The van der Waals surface area contributed by atoms with Crippen molar-refractivity contribution in [3.8, 4) is 0 Å². The fourth-order valence-electron chi connectivity index (χ4n) is 2.52. The molecule has 202 valence electrons. The first-order chi connectivity index (χ1) is 17.0. The summed E-state index contributed by atoms with van der Waals surface area (Å²) >= 11 is 0. The van der Waals surface area contributed by atoms with Crippen molar-refractivity contribution in [2.75, 3.05) is 32.3 Å².